The lowest BCUT2D eigenvalue weighted by Crippen LogP contribution is -2.21. The van der Waals surface area contributed by atoms with E-state index in [4.69, 9.17) is 9.84 Å². The molecule has 0 saturated heterocycles. The number of aryl methyl sites for hydroxylation is 1. The van der Waals surface area contributed by atoms with Gasteiger partial charge in [-0.3, -0.25) is 4.79 Å². The molecule has 0 saturated carbocycles. The first kappa shape index (κ1) is 15.1. The van der Waals surface area contributed by atoms with Crippen molar-refractivity contribution in [3.05, 3.63) is 46.2 Å². The highest BCUT2D eigenvalue weighted by Crippen LogP contribution is 2.20. The van der Waals surface area contributed by atoms with Crippen LogP contribution in [-0.2, 0) is 11.2 Å². The van der Waals surface area contributed by atoms with Crippen molar-refractivity contribution in [1.29, 1.82) is 0 Å². The van der Waals surface area contributed by atoms with Crippen LogP contribution in [0.1, 0.15) is 22.8 Å². The predicted octanol–water partition coefficient (Wildman–Crippen LogP) is 3.03. The fourth-order valence-electron chi connectivity index (χ4n) is 1.72. The van der Waals surface area contributed by atoms with Gasteiger partial charge in [0.25, 0.3) is 5.91 Å². The zero-order valence-corrected chi connectivity index (χ0v) is 12.3. The van der Waals surface area contributed by atoms with Crippen molar-refractivity contribution in [3.63, 3.8) is 0 Å². The Morgan fingerprint density at radius 2 is 1.95 bits per heavy atom. The zero-order valence-electron chi connectivity index (χ0n) is 11.5. The van der Waals surface area contributed by atoms with Crippen LogP contribution in [0.2, 0.25) is 0 Å². The Balaban J connectivity index is 1.89. The fraction of sp³-hybridized carbons (Fsp3) is 0.200. The molecule has 0 aliphatic heterocycles. The Labute approximate surface area is 126 Å². The number of aromatic carboxylic acids is 1. The fourth-order valence-corrected chi connectivity index (χ4v) is 2.47. The molecule has 2 N–H and O–H groups in total. The molecule has 0 unspecified atom stereocenters. The topological polar surface area (TPSA) is 75.6 Å². The number of nitrogens with one attached hydrogen (secondary N) is 1. The third-order valence-electron chi connectivity index (χ3n) is 2.87. The minimum atomic E-state index is -1.07. The third-order valence-corrected chi connectivity index (χ3v) is 3.61. The number of ether oxygens (including phenoxy) is 1. The van der Waals surface area contributed by atoms with Gasteiger partial charge in [0, 0.05) is 10.8 Å². The molecular formula is C15H15NO4S. The summed E-state index contributed by atoms with van der Waals surface area (Å²) in [5.74, 6) is -0.857. The van der Waals surface area contributed by atoms with Gasteiger partial charge in [-0.15, -0.1) is 11.3 Å². The van der Waals surface area contributed by atoms with Gasteiger partial charge in [0.1, 0.15) is 5.75 Å². The smallest absolute Gasteiger partial charge is 0.338 e. The van der Waals surface area contributed by atoms with Gasteiger partial charge in [-0.25, -0.2) is 4.79 Å². The zero-order chi connectivity index (χ0) is 15.2. The number of carboxylic acids is 1. The quantitative estimate of drug-likeness (QED) is 0.860. The number of benzene rings is 1. The summed E-state index contributed by atoms with van der Waals surface area (Å²) in [6.07, 6.45) is 0.941. The molecule has 110 valence electrons. The van der Waals surface area contributed by atoms with Crippen molar-refractivity contribution in [1.82, 2.24) is 0 Å². The molecule has 6 heteroatoms. The first-order valence-corrected chi connectivity index (χ1v) is 7.35. The molecule has 5 nitrogen and oxygen atoms in total. The third kappa shape index (κ3) is 4.06. The van der Waals surface area contributed by atoms with E-state index in [0.717, 1.165) is 6.42 Å². The number of carbonyl (C=O) groups is 2. The van der Waals surface area contributed by atoms with Crippen molar-refractivity contribution in [2.45, 2.75) is 13.3 Å². The molecule has 0 atom stereocenters. The Kier molecular flexibility index (Phi) is 4.94. The van der Waals surface area contributed by atoms with E-state index >= 15 is 0 Å². The van der Waals surface area contributed by atoms with Crippen LogP contribution in [0.15, 0.2) is 35.0 Å². The van der Waals surface area contributed by atoms with E-state index in [9.17, 15) is 9.59 Å². The maximum Gasteiger partial charge on any atom is 0.338 e. The monoisotopic (exact) mass is 305 g/mol. The van der Waals surface area contributed by atoms with Gasteiger partial charge in [0.2, 0.25) is 0 Å². The highest BCUT2D eigenvalue weighted by Gasteiger charge is 2.13. The molecule has 21 heavy (non-hydrogen) atoms. The lowest BCUT2D eigenvalue weighted by Gasteiger charge is -2.07. The van der Waals surface area contributed by atoms with Crippen molar-refractivity contribution in [2.24, 2.45) is 0 Å². The number of anilines is 1. The van der Waals surface area contributed by atoms with E-state index < -0.39 is 11.9 Å². The van der Waals surface area contributed by atoms with Crippen molar-refractivity contribution < 1.29 is 19.4 Å². The summed E-state index contributed by atoms with van der Waals surface area (Å²) in [6.45, 7) is 1.89. The van der Waals surface area contributed by atoms with E-state index in [0.29, 0.717) is 11.4 Å². The second kappa shape index (κ2) is 6.90. The van der Waals surface area contributed by atoms with Crippen molar-refractivity contribution in [2.75, 3.05) is 11.9 Å². The molecule has 0 aliphatic carbocycles. The van der Waals surface area contributed by atoms with E-state index in [2.05, 4.69) is 12.2 Å². The van der Waals surface area contributed by atoms with Gasteiger partial charge in [-0.1, -0.05) is 19.1 Å². The number of hydrogen-bond acceptors (Lipinski definition) is 4. The molecule has 2 rings (SSSR count). The van der Waals surface area contributed by atoms with Gasteiger partial charge in [0.15, 0.2) is 6.61 Å². The van der Waals surface area contributed by atoms with Gasteiger partial charge in [0.05, 0.1) is 11.3 Å². The standard InChI is InChI=1S/C15H15NO4S/c1-2-10-3-5-11(6-4-10)20-7-14(17)16-13-9-21-8-12(13)15(18)19/h3-6,8-9H,2,7H2,1H3,(H,16,17)(H,18,19). The van der Waals surface area contributed by atoms with Crippen LogP contribution in [0, 0.1) is 0 Å². The minimum Gasteiger partial charge on any atom is -0.484 e. The molecule has 1 aromatic heterocycles. The molecule has 0 fully saturated rings. The van der Waals surface area contributed by atoms with Gasteiger partial charge in [-0.05, 0) is 24.1 Å². The normalized spacial score (nSPS) is 10.1. The second-order valence-electron chi connectivity index (χ2n) is 4.34. The van der Waals surface area contributed by atoms with E-state index in [1.54, 1.807) is 17.5 Å². The molecule has 0 aliphatic rings. The second-order valence-corrected chi connectivity index (χ2v) is 5.08. The first-order chi connectivity index (χ1) is 10.1. The Morgan fingerprint density at radius 3 is 2.57 bits per heavy atom. The van der Waals surface area contributed by atoms with Gasteiger partial charge < -0.3 is 15.2 Å². The number of hydrogen-bond donors (Lipinski definition) is 2. The van der Waals surface area contributed by atoms with Crippen LogP contribution in [0.4, 0.5) is 5.69 Å². The van der Waals surface area contributed by atoms with E-state index in [1.165, 1.54) is 22.3 Å². The van der Waals surface area contributed by atoms with E-state index in [1.807, 2.05) is 12.1 Å². The maximum atomic E-state index is 11.8. The van der Waals surface area contributed by atoms with Gasteiger partial charge in [-0.2, -0.15) is 0 Å². The molecule has 0 spiro atoms. The highest BCUT2D eigenvalue weighted by molar-refractivity contribution is 7.08. The van der Waals surface area contributed by atoms with E-state index in [-0.39, 0.29) is 12.2 Å². The summed E-state index contributed by atoms with van der Waals surface area (Å²) in [5.41, 5.74) is 1.57. The average molecular weight is 305 g/mol. The summed E-state index contributed by atoms with van der Waals surface area (Å²) in [6, 6.07) is 7.49. The lowest BCUT2D eigenvalue weighted by molar-refractivity contribution is -0.118. The van der Waals surface area contributed by atoms with Crippen LogP contribution >= 0.6 is 11.3 Å². The number of amides is 1. The van der Waals surface area contributed by atoms with Crippen molar-refractivity contribution >= 4 is 28.9 Å². The molecule has 2 aromatic rings. The molecule has 0 bridgehead atoms. The first-order valence-electron chi connectivity index (χ1n) is 6.41. The molecule has 1 amide bonds. The summed E-state index contributed by atoms with van der Waals surface area (Å²) in [7, 11) is 0. The van der Waals surface area contributed by atoms with Gasteiger partial charge >= 0.3 is 5.97 Å². The molecule has 1 heterocycles. The summed E-state index contributed by atoms with van der Waals surface area (Å²) >= 11 is 1.22. The largest absolute Gasteiger partial charge is 0.484 e. The number of thiophene rings is 1. The average Bonchev–Trinajstić information content (AvgIpc) is 2.94. The number of carbonyl (C=O) groups excluding carboxylic acids is 1. The Morgan fingerprint density at radius 1 is 1.24 bits per heavy atom. The predicted molar refractivity (Wildman–Crippen MR) is 81.2 cm³/mol. The number of rotatable bonds is 6. The lowest BCUT2D eigenvalue weighted by atomic mass is 10.2. The van der Waals surface area contributed by atoms with Crippen LogP contribution < -0.4 is 10.1 Å². The summed E-state index contributed by atoms with van der Waals surface area (Å²) < 4.78 is 5.36. The SMILES string of the molecule is CCc1ccc(OCC(=O)Nc2cscc2C(=O)O)cc1. The minimum absolute atomic E-state index is 0.0839. The molecule has 0 radical (unpaired) electrons. The maximum absolute atomic E-state index is 11.8. The Bertz CT molecular complexity index is 633. The van der Waals surface area contributed by atoms with Crippen molar-refractivity contribution in [3.8, 4) is 5.75 Å². The summed E-state index contributed by atoms with van der Waals surface area (Å²) in [5, 5.41) is 14.5. The van der Waals surface area contributed by atoms with Crippen LogP contribution in [0.3, 0.4) is 0 Å². The van der Waals surface area contributed by atoms with Crippen LogP contribution in [-0.4, -0.2) is 23.6 Å². The van der Waals surface area contributed by atoms with Crippen LogP contribution in [0.5, 0.6) is 5.75 Å². The number of carboxylic acid groups (broad SMARTS) is 1. The summed E-state index contributed by atoms with van der Waals surface area (Å²) in [4.78, 5) is 22.7. The molecule has 1 aromatic carbocycles. The highest BCUT2D eigenvalue weighted by atomic mass is 32.1. The Hall–Kier alpha value is -2.34. The van der Waals surface area contributed by atoms with Crippen LogP contribution in [0.25, 0.3) is 0 Å². The molecular weight excluding hydrogens is 290 g/mol.